The van der Waals surface area contributed by atoms with Gasteiger partial charge in [-0.3, -0.25) is 4.79 Å². The lowest BCUT2D eigenvalue weighted by Crippen LogP contribution is -2.19. The summed E-state index contributed by atoms with van der Waals surface area (Å²) < 4.78 is 5.75. The Bertz CT molecular complexity index is 584. The fraction of sp³-hybridized carbons (Fsp3) is 0.357. The summed E-state index contributed by atoms with van der Waals surface area (Å²) in [7, 11) is 0. The lowest BCUT2D eigenvalue weighted by Gasteiger charge is -2.25. The third kappa shape index (κ3) is 2.05. The summed E-state index contributed by atoms with van der Waals surface area (Å²) in [5.74, 6) is 1.58. The van der Waals surface area contributed by atoms with E-state index in [0.717, 1.165) is 23.7 Å². The van der Waals surface area contributed by atoms with E-state index in [1.165, 1.54) is 19.3 Å². The number of rotatable bonds is 3. The molecule has 88 valence electrons. The zero-order valence-corrected chi connectivity index (χ0v) is 9.61. The first-order chi connectivity index (χ1) is 8.33. The normalized spacial score (nSPS) is 15.8. The third-order valence-corrected chi connectivity index (χ3v) is 3.46. The van der Waals surface area contributed by atoms with Crippen LogP contribution < -0.4 is 10.3 Å². The maximum Gasteiger partial charge on any atom is 0.255 e. The van der Waals surface area contributed by atoms with Crippen molar-refractivity contribution < 1.29 is 4.74 Å². The van der Waals surface area contributed by atoms with Gasteiger partial charge in [0.1, 0.15) is 5.75 Å². The Morgan fingerprint density at radius 1 is 1.29 bits per heavy atom. The molecule has 3 heteroatoms. The van der Waals surface area contributed by atoms with Crippen LogP contribution in [0.2, 0.25) is 0 Å². The summed E-state index contributed by atoms with van der Waals surface area (Å²) in [6.07, 6.45) is 5.57. The molecule has 0 spiro atoms. The molecular formula is C14H15NO2. The molecule has 0 amide bonds. The van der Waals surface area contributed by atoms with Crippen molar-refractivity contribution >= 4 is 10.8 Å². The Hall–Kier alpha value is -1.77. The highest BCUT2D eigenvalue weighted by Gasteiger charge is 2.17. The van der Waals surface area contributed by atoms with Crippen LogP contribution in [0, 0.1) is 5.92 Å². The highest BCUT2D eigenvalue weighted by molar-refractivity contribution is 5.82. The van der Waals surface area contributed by atoms with Crippen LogP contribution in [0.4, 0.5) is 0 Å². The molecule has 1 fully saturated rings. The molecule has 3 nitrogen and oxygen atoms in total. The predicted octanol–water partition coefficient (Wildman–Crippen LogP) is 2.71. The number of pyridine rings is 1. The Balaban J connectivity index is 1.83. The first-order valence-electron chi connectivity index (χ1n) is 6.07. The van der Waals surface area contributed by atoms with Crippen molar-refractivity contribution in [3.8, 4) is 5.75 Å². The standard InChI is InChI=1S/C14H15NO2/c16-14-13-5-4-12(8-11(13)6-7-15-14)17-9-10-2-1-3-10/h4-8,10H,1-3,9H2,(H,15,16). The lowest BCUT2D eigenvalue weighted by atomic mass is 9.86. The van der Waals surface area contributed by atoms with Gasteiger partial charge in [0.2, 0.25) is 0 Å². The smallest absolute Gasteiger partial charge is 0.255 e. The molecule has 3 rings (SSSR count). The molecule has 0 unspecified atom stereocenters. The molecule has 2 aromatic rings. The second-order valence-corrected chi connectivity index (χ2v) is 4.66. The number of hydrogen-bond acceptors (Lipinski definition) is 2. The van der Waals surface area contributed by atoms with Gasteiger partial charge in [0.15, 0.2) is 0 Å². The molecule has 0 radical (unpaired) electrons. The summed E-state index contributed by atoms with van der Waals surface area (Å²) in [6.45, 7) is 0.800. The van der Waals surface area contributed by atoms with Gasteiger partial charge >= 0.3 is 0 Å². The first-order valence-corrected chi connectivity index (χ1v) is 6.07. The molecule has 0 bridgehead atoms. The Morgan fingerprint density at radius 2 is 2.18 bits per heavy atom. The van der Waals surface area contributed by atoms with E-state index in [1.54, 1.807) is 6.20 Å². The number of aromatic amines is 1. The van der Waals surface area contributed by atoms with Crippen LogP contribution >= 0.6 is 0 Å². The lowest BCUT2D eigenvalue weighted by molar-refractivity contribution is 0.181. The van der Waals surface area contributed by atoms with Gasteiger partial charge in [0.05, 0.1) is 6.61 Å². The molecular weight excluding hydrogens is 214 g/mol. The summed E-state index contributed by atoms with van der Waals surface area (Å²) in [4.78, 5) is 14.2. The Morgan fingerprint density at radius 3 is 2.94 bits per heavy atom. The minimum absolute atomic E-state index is 0.0481. The van der Waals surface area contributed by atoms with E-state index in [4.69, 9.17) is 4.74 Å². The number of aromatic nitrogens is 1. The van der Waals surface area contributed by atoms with Gasteiger partial charge in [-0.1, -0.05) is 6.42 Å². The largest absolute Gasteiger partial charge is 0.493 e. The highest BCUT2D eigenvalue weighted by Crippen LogP contribution is 2.27. The summed E-state index contributed by atoms with van der Waals surface area (Å²) in [6, 6.07) is 7.52. The number of benzene rings is 1. The Kier molecular flexibility index (Phi) is 2.59. The van der Waals surface area contributed by atoms with E-state index in [1.807, 2.05) is 24.3 Å². The molecule has 1 aliphatic carbocycles. The molecule has 0 aliphatic heterocycles. The van der Waals surface area contributed by atoms with E-state index in [9.17, 15) is 4.79 Å². The number of hydrogen-bond donors (Lipinski definition) is 1. The van der Waals surface area contributed by atoms with Gasteiger partial charge in [-0.25, -0.2) is 0 Å². The molecule has 0 saturated heterocycles. The monoisotopic (exact) mass is 229 g/mol. The second-order valence-electron chi connectivity index (χ2n) is 4.66. The van der Waals surface area contributed by atoms with Crippen molar-refractivity contribution in [2.24, 2.45) is 5.92 Å². The van der Waals surface area contributed by atoms with Crippen molar-refractivity contribution in [3.63, 3.8) is 0 Å². The third-order valence-electron chi connectivity index (χ3n) is 3.46. The molecule has 17 heavy (non-hydrogen) atoms. The van der Waals surface area contributed by atoms with E-state index >= 15 is 0 Å². The highest BCUT2D eigenvalue weighted by atomic mass is 16.5. The molecule has 1 N–H and O–H groups in total. The fourth-order valence-corrected chi connectivity index (χ4v) is 2.13. The maximum atomic E-state index is 11.5. The van der Waals surface area contributed by atoms with E-state index in [0.29, 0.717) is 5.39 Å². The van der Waals surface area contributed by atoms with Crippen molar-refractivity contribution in [2.45, 2.75) is 19.3 Å². The van der Waals surface area contributed by atoms with Crippen LogP contribution in [0.1, 0.15) is 19.3 Å². The van der Waals surface area contributed by atoms with Gasteiger partial charge in [-0.2, -0.15) is 0 Å². The number of H-pyrrole nitrogens is 1. The predicted molar refractivity (Wildman–Crippen MR) is 67.4 cm³/mol. The van der Waals surface area contributed by atoms with E-state index < -0.39 is 0 Å². The summed E-state index contributed by atoms with van der Waals surface area (Å²) in [5, 5.41) is 1.64. The van der Waals surface area contributed by atoms with Gasteiger partial charge in [0, 0.05) is 11.6 Å². The zero-order valence-electron chi connectivity index (χ0n) is 9.61. The van der Waals surface area contributed by atoms with Crippen LogP contribution in [-0.4, -0.2) is 11.6 Å². The van der Waals surface area contributed by atoms with Gasteiger partial charge < -0.3 is 9.72 Å². The molecule has 0 atom stereocenters. The minimum atomic E-state index is -0.0481. The SMILES string of the molecule is O=c1[nH]ccc2cc(OCC3CCC3)ccc12. The minimum Gasteiger partial charge on any atom is -0.493 e. The average Bonchev–Trinajstić information content (AvgIpc) is 2.27. The van der Waals surface area contributed by atoms with Crippen LogP contribution in [-0.2, 0) is 0 Å². The van der Waals surface area contributed by atoms with Crippen molar-refractivity contribution in [3.05, 3.63) is 40.8 Å². The van der Waals surface area contributed by atoms with E-state index in [2.05, 4.69) is 4.98 Å². The molecule has 1 aromatic carbocycles. The van der Waals surface area contributed by atoms with Crippen LogP contribution in [0.25, 0.3) is 10.8 Å². The van der Waals surface area contributed by atoms with Gasteiger partial charge in [-0.15, -0.1) is 0 Å². The van der Waals surface area contributed by atoms with Gasteiger partial charge in [0.25, 0.3) is 5.56 Å². The molecule has 1 saturated carbocycles. The van der Waals surface area contributed by atoms with E-state index in [-0.39, 0.29) is 5.56 Å². The van der Waals surface area contributed by atoms with Crippen molar-refractivity contribution in [2.75, 3.05) is 6.61 Å². The maximum absolute atomic E-state index is 11.5. The van der Waals surface area contributed by atoms with Crippen LogP contribution in [0.5, 0.6) is 5.75 Å². The fourth-order valence-electron chi connectivity index (χ4n) is 2.13. The second kappa shape index (κ2) is 4.24. The Labute approximate surface area is 99.4 Å². The molecule has 1 aliphatic rings. The topological polar surface area (TPSA) is 42.1 Å². The quantitative estimate of drug-likeness (QED) is 0.879. The van der Waals surface area contributed by atoms with Crippen LogP contribution in [0.3, 0.4) is 0 Å². The number of ether oxygens (including phenoxy) is 1. The number of fused-ring (bicyclic) bond motifs is 1. The van der Waals surface area contributed by atoms with Crippen molar-refractivity contribution in [1.29, 1.82) is 0 Å². The van der Waals surface area contributed by atoms with Crippen LogP contribution in [0.15, 0.2) is 35.3 Å². The summed E-state index contributed by atoms with van der Waals surface area (Å²) >= 11 is 0. The molecule has 1 heterocycles. The molecule has 1 aromatic heterocycles. The van der Waals surface area contributed by atoms with Crippen molar-refractivity contribution in [1.82, 2.24) is 4.98 Å². The average molecular weight is 229 g/mol. The zero-order chi connectivity index (χ0) is 11.7. The first kappa shape index (κ1) is 10.4. The summed E-state index contributed by atoms with van der Waals surface area (Å²) in [5.41, 5.74) is -0.0481. The number of nitrogens with one attached hydrogen (secondary N) is 1. The van der Waals surface area contributed by atoms with Gasteiger partial charge in [-0.05, 0) is 48.4 Å².